The third-order valence-electron chi connectivity index (χ3n) is 5.96. The zero-order valence-electron chi connectivity index (χ0n) is 19.2. The Labute approximate surface area is 190 Å². The van der Waals surface area contributed by atoms with Crippen LogP contribution >= 0.6 is 0 Å². The van der Waals surface area contributed by atoms with E-state index in [1.807, 2.05) is 37.6 Å². The van der Waals surface area contributed by atoms with E-state index in [0.29, 0.717) is 30.8 Å². The quantitative estimate of drug-likeness (QED) is 0.343. The summed E-state index contributed by atoms with van der Waals surface area (Å²) < 4.78 is 1.68. The minimum absolute atomic E-state index is 0.231. The van der Waals surface area contributed by atoms with Gasteiger partial charge in [0.25, 0.3) is 0 Å². The van der Waals surface area contributed by atoms with Crippen LogP contribution in [0.2, 0.25) is 0 Å². The molecule has 0 amide bonds. The first-order valence-corrected chi connectivity index (χ1v) is 11.8. The molecule has 2 aromatic rings. The highest BCUT2D eigenvalue weighted by atomic mass is 16.1. The molecule has 3 heterocycles. The third kappa shape index (κ3) is 7.98. The molecule has 0 unspecified atom stereocenters. The second-order valence-electron chi connectivity index (χ2n) is 8.40. The van der Waals surface area contributed by atoms with Gasteiger partial charge in [-0.1, -0.05) is 6.07 Å². The third-order valence-corrected chi connectivity index (χ3v) is 5.96. The van der Waals surface area contributed by atoms with Gasteiger partial charge in [0.1, 0.15) is 11.6 Å². The lowest BCUT2D eigenvalue weighted by Crippen LogP contribution is -2.41. The SMILES string of the molecule is CNC1CCN(CCCCn2ccc(Nc3ccc(CNCCCN)cn3)nc2=O)CC1. The fraction of sp³-hybridized carbons (Fsp3) is 0.609. The maximum absolute atomic E-state index is 12.4. The maximum atomic E-state index is 12.4. The van der Waals surface area contributed by atoms with Crippen LogP contribution in [-0.4, -0.2) is 65.2 Å². The monoisotopic (exact) mass is 442 g/mol. The van der Waals surface area contributed by atoms with E-state index in [2.05, 4.69) is 30.8 Å². The fourth-order valence-electron chi connectivity index (χ4n) is 3.93. The number of hydrogen-bond donors (Lipinski definition) is 4. The van der Waals surface area contributed by atoms with Gasteiger partial charge in [0.15, 0.2) is 0 Å². The maximum Gasteiger partial charge on any atom is 0.349 e. The molecule has 1 aliphatic heterocycles. The molecule has 0 aromatic carbocycles. The molecule has 32 heavy (non-hydrogen) atoms. The van der Waals surface area contributed by atoms with Gasteiger partial charge in [-0.15, -0.1) is 0 Å². The number of nitrogens with zero attached hydrogens (tertiary/aromatic N) is 4. The number of anilines is 2. The van der Waals surface area contributed by atoms with Gasteiger partial charge in [-0.2, -0.15) is 4.98 Å². The van der Waals surface area contributed by atoms with Crippen LogP contribution in [0.1, 0.15) is 37.7 Å². The van der Waals surface area contributed by atoms with Crippen LogP contribution in [0.4, 0.5) is 11.6 Å². The molecule has 0 bridgehead atoms. The zero-order chi connectivity index (χ0) is 22.6. The van der Waals surface area contributed by atoms with E-state index < -0.39 is 0 Å². The topological polar surface area (TPSA) is 113 Å². The standard InChI is InChI=1S/C23H38N8O/c1-25-20-7-14-30(15-8-20)12-2-3-13-31-16-9-22(29-23(31)32)28-21-6-5-19(18-27-21)17-26-11-4-10-24/h5-6,9,16,18,20,25-26H,2-4,7-8,10-15,17,24H2,1H3,(H,27,28,29,32). The lowest BCUT2D eigenvalue weighted by Gasteiger charge is -2.31. The molecular weight excluding hydrogens is 404 g/mol. The molecule has 9 nitrogen and oxygen atoms in total. The van der Waals surface area contributed by atoms with Gasteiger partial charge >= 0.3 is 5.69 Å². The molecule has 1 fully saturated rings. The summed E-state index contributed by atoms with van der Waals surface area (Å²) in [6.07, 6.45) is 9.10. The summed E-state index contributed by atoms with van der Waals surface area (Å²) in [6.45, 7) is 6.46. The molecule has 5 N–H and O–H groups in total. The van der Waals surface area contributed by atoms with Crippen LogP contribution in [0, 0.1) is 0 Å². The summed E-state index contributed by atoms with van der Waals surface area (Å²) in [5, 5.41) is 9.80. The molecule has 1 aliphatic rings. The van der Waals surface area contributed by atoms with Crippen molar-refractivity contribution >= 4 is 11.6 Å². The van der Waals surface area contributed by atoms with Gasteiger partial charge < -0.3 is 26.6 Å². The molecule has 0 atom stereocenters. The van der Waals surface area contributed by atoms with Crippen molar-refractivity contribution in [1.82, 2.24) is 30.1 Å². The summed E-state index contributed by atoms with van der Waals surface area (Å²) >= 11 is 0. The Morgan fingerprint density at radius 3 is 2.59 bits per heavy atom. The first-order chi connectivity index (χ1) is 15.7. The largest absolute Gasteiger partial charge is 0.349 e. The molecule has 0 spiro atoms. The van der Waals surface area contributed by atoms with Gasteiger partial charge in [-0.3, -0.25) is 4.57 Å². The number of rotatable bonds is 13. The lowest BCUT2D eigenvalue weighted by molar-refractivity contribution is 0.198. The Morgan fingerprint density at radius 2 is 1.91 bits per heavy atom. The molecule has 0 aliphatic carbocycles. The molecule has 0 saturated carbocycles. The second kappa shape index (κ2) is 13.3. The van der Waals surface area contributed by atoms with Crippen LogP contribution in [0.3, 0.4) is 0 Å². The number of unbranched alkanes of at least 4 members (excludes halogenated alkanes) is 1. The van der Waals surface area contributed by atoms with E-state index in [-0.39, 0.29) is 5.69 Å². The Morgan fingerprint density at radius 1 is 1.09 bits per heavy atom. The van der Waals surface area contributed by atoms with Crippen molar-refractivity contribution in [2.75, 3.05) is 45.1 Å². The minimum Gasteiger partial charge on any atom is -0.330 e. The number of nitrogens with one attached hydrogen (secondary N) is 3. The first-order valence-electron chi connectivity index (χ1n) is 11.8. The van der Waals surface area contributed by atoms with Gasteiger partial charge in [-0.25, -0.2) is 9.78 Å². The van der Waals surface area contributed by atoms with Crippen molar-refractivity contribution < 1.29 is 0 Å². The van der Waals surface area contributed by atoms with Crippen molar-refractivity contribution in [2.24, 2.45) is 5.73 Å². The van der Waals surface area contributed by atoms with Crippen LogP contribution in [0.25, 0.3) is 0 Å². The van der Waals surface area contributed by atoms with E-state index >= 15 is 0 Å². The average Bonchev–Trinajstić information content (AvgIpc) is 2.82. The fourth-order valence-corrected chi connectivity index (χ4v) is 3.93. The molecule has 3 rings (SSSR count). The van der Waals surface area contributed by atoms with Crippen LogP contribution < -0.4 is 27.4 Å². The van der Waals surface area contributed by atoms with Gasteiger partial charge in [0, 0.05) is 31.5 Å². The predicted molar refractivity (Wildman–Crippen MR) is 129 cm³/mol. The van der Waals surface area contributed by atoms with Crippen molar-refractivity contribution in [1.29, 1.82) is 0 Å². The Kier molecular flexibility index (Phi) is 10.1. The van der Waals surface area contributed by atoms with E-state index in [0.717, 1.165) is 57.5 Å². The summed E-state index contributed by atoms with van der Waals surface area (Å²) in [5.41, 5.74) is 6.36. The molecule has 2 aromatic heterocycles. The van der Waals surface area contributed by atoms with Crippen LogP contribution in [0.15, 0.2) is 35.4 Å². The number of hydrogen-bond acceptors (Lipinski definition) is 8. The number of piperidine rings is 1. The first kappa shape index (κ1) is 24.3. The highest BCUT2D eigenvalue weighted by molar-refractivity contribution is 5.50. The Hall–Kier alpha value is -2.33. The molecule has 176 valence electrons. The van der Waals surface area contributed by atoms with E-state index in [1.54, 1.807) is 4.57 Å². The summed E-state index contributed by atoms with van der Waals surface area (Å²) in [5.74, 6) is 1.18. The lowest BCUT2D eigenvalue weighted by atomic mass is 10.1. The van der Waals surface area contributed by atoms with Crippen LogP contribution in [0.5, 0.6) is 0 Å². The Balaban J connectivity index is 1.39. The minimum atomic E-state index is -0.231. The zero-order valence-corrected chi connectivity index (χ0v) is 19.2. The van der Waals surface area contributed by atoms with Crippen molar-refractivity contribution in [3.8, 4) is 0 Å². The van der Waals surface area contributed by atoms with Crippen molar-refractivity contribution in [3.63, 3.8) is 0 Å². The van der Waals surface area contributed by atoms with Crippen molar-refractivity contribution in [2.45, 2.75) is 51.2 Å². The summed E-state index contributed by atoms with van der Waals surface area (Å²) in [7, 11) is 2.05. The van der Waals surface area contributed by atoms with Gasteiger partial charge in [0.05, 0.1) is 0 Å². The average molecular weight is 443 g/mol. The number of pyridine rings is 1. The van der Waals surface area contributed by atoms with Gasteiger partial charge in [0.2, 0.25) is 0 Å². The van der Waals surface area contributed by atoms with Crippen molar-refractivity contribution in [3.05, 3.63) is 46.6 Å². The molecular formula is C23H38N8O. The van der Waals surface area contributed by atoms with Gasteiger partial charge in [-0.05, 0) is 89.6 Å². The van der Waals surface area contributed by atoms with E-state index in [4.69, 9.17) is 5.73 Å². The number of aryl methyl sites for hydroxylation is 1. The highest BCUT2D eigenvalue weighted by Crippen LogP contribution is 2.12. The van der Waals surface area contributed by atoms with E-state index in [1.165, 1.54) is 12.8 Å². The van der Waals surface area contributed by atoms with Crippen LogP contribution in [-0.2, 0) is 13.1 Å². The Bertz CT molecular complexity index is 846. The van der Waals surface area contributed by atoms with E-state index in [9.17, 15) is 4.79 Å². The number of likely N-dealkylation sites (tertiary alicyclic amines) is 1. The summed E-state index contributed by atoms with van der Waals surface area (Å²) in [4.78, 5) is 23.5. The molecule has 1 saturated heterocycles. The number of aromatic nitrogens is 3. The molecule has 9 heteroatoms. The highest BCUT2D eigenvalue weighted by Gasteiger charge is 2.16. The number of nitrogens with two attached hydrogens (primary N) is 1. The smallest absolute Gasteiger partial charge is 0.330 e. The predicted octanol–water partition coefficient (Wildman–Crippen LogP) is 1.28. The normalized spacial score (nSPS) is 15.2. The molecule has 0 radical (unpaired) electrons. The summed E-state index contributed by atoms with van der Waals surface area (Å²) in [6, 6.07) is 6.40. The second-order valence-corrected chi connectivity index (χ2v) is 8.40.